The lowest BCUT2D eigenvalue weighted by Gasteiger charge is -2.18. The molecule has 0 spiro atoms. The van der Waals surface area contributed by atoms with Gasteiger partial charge in [0.15, 0.2) is 0 Å². The molecule has 3 N–H and O–H groups in total. The Hall–Kier alpha value is -2.02. The van der Waals surface area contributed by atoms with Crippen LogP contribution in [0.3, 0.4) is 0 Å². The van der Waals surface area contributed by atoms with E-state index in [1.54, 1.807) is 38.1 Å². The van der Waals surface area contributed by atoms with Crippen LogP contribution in [0.1, 0.15) is 65.6 Å². The molecule has 0 aliphatic heterocycles. The van der Waals surface area contributed by atoms with Gasteiger partial charge >= 0.3 is 0 Å². The van der Waals surface area contributed by atoms with E-state index >= 15 is 0 Å². The molecule has 2 aromatic rings. The topological polar surface area (TPSA) is 92.8 Å². The van der Waals surface area contributed by atoms with Gasteiger partial charge in [0.25, 0.3) is 5.91 Å². The molecule has 1 amide bonds. The summed E-state index contributed by atoms with van der Waals surface area (Å²) in [4.78, 5) is 12.7. The van der Waals surface area contributed by atoms with Crippen LogP contribution in [0.4, 0.5) is 0 Å². The van der Waals surface area contributed by atoms with Crippen LogP contribution in [0.25, 0.3) is 0 Å². The minimum atomic E-state index is -3.17. The lowest BCUT2D eigenvalue weighted by molar-refractivity contribution is -0.117. The molecule has 160 valence electrons. The smallest absolute Gasteiger partial charge is 0.259 e. The predicted octanol–water partition coefficient (Wildman–Crippen LogP) is 3.50. The Morgan fingerprint density at radius 3 is 2.17 bits per heavy atom. The number of nitrogens with zero attached hydrogens (tertiary/aromatic N) is 1. The zero-order chi connectivity index (χ0) is 21.5. The fourth-order valence-electron chi connectivity index (χ4n) is 4.78. The van der Waals surface area contributed by atoms with E-state index < -0.39 is 21.4 Å². The van der Waals surface area contributed by atoms with Gasteiger partial charge in [-0.3, -0.25) is 4.79 Å². The largest absolute Gasteiger partial charge is 0.386 e. The summed E-state index contributed by atoms with van der Waals surface area (Å²) in [6.07, 6.45) is 6.63. The lowest BCUT2D eigenvalue weighted by atomic mass is 9.92. The van der Waals surface area contributed by atoms with Crippen molar-refractivity contribution in [1.29, 1.82) is 0 Å². The van der Waals surface area contributed by atoms with Crippen LogP contribution in [0.5, 0.6) is 0 Å². The molecule has 1 unspecified atom stereocenters. The fraction of sp³-hybridized carbons (Fsp3) is 0.458. The van der Waals surface area contributed by atoms with Gasteiger partial charge in [0.05, 0.1) is 17.8 Å². The van der Waals surface area contributed by atoms with E-state index in [-0.39, 0.29) is 12.2 Å². The number of hydrogen-bond donors (Lipinski definition) is 2. The first-order chi connectivity index (χ1) is 14.1. The second-order valence-electron chi connectivity index (χ2n) is 9.09. The number of aliphatic hydroxyl groups is 1. The van der Waals surface area contributed by atoms with Gasteiger partial charge in [-0.2, -0.15) is 0 Å². The summed E-state index contributed by atoms with van der Waals surface area (Å²) in [5.41, 5.74) is 7.03. The van der Waals surface area contributed by atoms with Gasteiger partial charge in [0.1, 0.15) is 9.92 Å². The summed E-state index contributed by atoms with van der Waals surface area (Å²) >= 11 is 0. The zero-order valence-electron chi connectivity index (χ0n) is 17.7. The van der Waals surface area contributed by atoms with Gasteiger partial charge in [-0.15, -0.1) is 4.36 Å². The van der Waals surface area contributed by atoms with Crippen LogP contribution in [0.2, 0.25) is 0 Å². The first kappa shape index (κ1) is 21.2. The maximum absolute atomic E-state index is 12.8. The van der Waals surface area contributed by atoms with Crippen LogP contribution in [-0.2, 0) is 58.2 Å². The second-order valence-corrected chi connectivity index (χ2v) is 10.9. The number of rotatable bonds is 5. The summed E-state index contributed by atoms with van der Waals surface area (Å²) in [6.45, 7) is 3.42. The van der Waals surface area contributed by atoms with Crippen LogP contribution in [-0.4, -0.2) is 15.2 Å². The molecule has 2 aromatic carbocycles. The molecule has 2 aliphatic carbocycles. The van der Waals surface area contributed by atoms with Gasteiger partial charge in [-0.1, -0.05) is 30.3 Å². The van der Waals surface area contributed by atoms with Crippen LogP contribution < -0.4 is 5.14 Å². The van der Waals surface area contributed by atoms with E-state index in [1.807, 2.05) is 0 Å². The number of hydrogen-bond acceptors (Lipinski definition) is 3. The molecule has 0 aromatic heterocycles. The number of amides is 1. The zero-order valence-corrected chi connectivity index (χ0v) is 18.6. The molecule has 0 fully saturated rings. The number of nitrogens with two attached hydrogens (primary N) is 1. The van der Waals surface area contributed by atoms with Crippen molar-refractivity contribution in [2.45, 2.75) is 70.1 Å². The standard InChI is InChI=1S/C24H30N2O3S/c1-24(2,28)19-11-9-16(10-12-19)15-30(25,29)26-23(27)14-22-20-7-3-5-17(20)13-18-6-4-8-21(18)22/h9-13,28H,3-8,14-15H2,1-2H3,(H2,25,26,27,29). The highest BCUT2D eigenvalue weighted by atomic mass is 32.2. The lowest BCUT2D eigenvalue weighted by Crippen LogP contribution is -2.19. The molecular formula is C24H30N2O3S. The van der Waals surface area contributed by atoms with E-state index in [4.69, 9.17) is 5.14 Å². The summed E-state index contributed by atoms with van der Waals surface area (Å²) in [5.74, 6) is -0.388. The number of benzene rings is 2. The van der Waals surface area contributed by atoms with E-state index in [2.05, 4.69) is 10.4 Å². The molecule has 0 bridgehead atoms. The highest BCUT2D eigenvalue weighted by molar-refractivity contribution is 7.90. The monoisotopic (exact) mass is 426 g/mol. The van der Waals surface area contributed by atoms with Crippen LogP contribution in [0.15, 0.2) is 34.7 Å². The van der Waals surface area contributed by atoms with Crippen molar-refractivity contribution in [2.75, 3.05) is 0 Å². The quantitative estimate of drug-likeness (QED) is 0.766. The average molecular weight is 427 g/mol. The molecule has 0 saturated heterocycles. The Morgan fingerprint density at radius 2 is 1.63 bits per heavy atom. The number of fused-ring (bicyclic) bond motifs is 2. The van der Waals surface area contributed by atoms with Gasteiger partial charge < -0.3 is 5.11 Å². The molecule has 0 radical (unpaired) electrons. The van der Waals surface area contributed by atoms with Crippen molar-refractivity contribution >= 4 is 15.8 Å². The third-order valence-corrected chi connectivity index (χ3v) is 7.48. The van der Waals surface area contributed by atoms with Gasteiger partial charge in [0.2, 0.25) is 0 Å². The van der Waals surface area contributed by atoms with Gasteiger partial charge in [-0.05, 0) is 91.3 Å². The first-order valence-corrected chi connectivity index (χ1v) is 12.4. The number of carbonyl (C=O) groups excluding carboxylic acids is 1. The molecule has 4 rings (SSSR count). The summed E-state index contributed by atoms with van der Waals surface area (Å²) < 4.78 is 16.8. The minimum Gasteiger partial charge on any atom is -0.386 e. The maximum Gasteiger partial charge on any atom is 0.259 e. The van der Waals surface area contributed by atoms with Crippen molar-refractivity contribution in [1.82, 2.24) is 0 Å². The Kier molecular flexibility index (Phi) is 5.60. The minimum absolute atomic E-state index is 0.00980. The molecule has 5 nitrogen and oxygen atoms in total. The van der Waals surface area contributed by atoms with Crippen molar-refractivity contribution in [2.24, 2.45) is 9.50 Å². The van der Waals surface area contributed by atoms with E-state index in [1.165, 1.54) is 22.3 Å². The molecule has 0 heterocycles. The summed E-state index contributed by atoms with van der Waals surface area (Å²) in [6, 6.07) is 9.44. The Labute approximate surface area is 179 Å². The van der Waals surface area contributed by atoms with Crippen molar-refractivity contribution in [3.8, 4) is 0 Å². The highest BCUT2D eigenvalue weighted by Gasteiger charge is 2.25. The highest BCUT2D eigenvalue weighted by Crippen LogP contribution is 2.35. The Bertz CT molecular complexity index is 1070. The Balaban J connectivity index is 1.54. The molecular weight excluding hydrogens is 396 g/mol. The Morgan fingerprint density at radius 1 is 1.07 bits per heavy atom. The summed E-state index contributed by atoms with van der Waals surface area (Å²) in [5, 5.41) is 16.0. The normalized spacial score (nSPS) is 17.3. The van der Waals surface area contributed by atoms with Gasteiger partial charge in [0, 0.05) is 0 Å². The van der Waals surface area contributed by atoms with Crippen molar-refractivity contribution in [3.05, 3.63) is 69.3 Å². The third-order valence-electron chi connectivity index (χ3n) is 6.22. The van der Waals surface area contributed by atoms with Crippen LogP contribution in [0, 0.1) is 0 Å². The van der Waals surface area contributed by atoms with Gasteiger partial charge in [-0.25, -0.2) is 9.35 Å². The van der Waals surface area contributed by atoms with E-state index in [9.17, 15) is 14.1 Å². The molecule has 6 heteroatoms. The number of aryl methyl sites for hydroxylation is 2. The molecule has 0 saturated carbocycles. The van der Waals surface area contributed by atoms with Crippen molar-refractivity contribution < 1.29 is 14.1 Å². The predicted molar refractivity (Wildman–Crippen MR) is 119 cm³/mol. The number of carbonyl (C=O) groups is 1. The molecule has 1 atom stereocenters. The van der Waals surface area contributed by atoms with E-state index in [0.717, 1.165) is 55.2 Å². The third kappa shape index (κ3) is 4.51. The van der Waals surface area contributed by atoms with Crippen LogP contribution >= 0.6 is 0 Å². The maximum atomic E-state index is 12.8. The van der Waals surface area contributed by atoms with Crippen molar-refractivity contribution in [3.63, 3.8) is 0 Å². The van der Waals surface area contributed by atoms with E-state index in [0.29, 0.717) is 0 Å². The first-order valence-electron chi connectivity index (χ1n) is 10.6. The molecule has 30 heavy (non-hydrogen) atoms. The average Bonchev–Trinajstić information content (AvgIpc) is 3.29. The second kappa shape index (κ2) is 7.91. The fourth-order valence-corrected chi connectivity index (χ4v) is 5.93. The molecule has 2 aliphatic rings. The summed E-state index contributed by atoms with van der Waals surface area (Å²) in [7, 11) is -3.17. The SMILES string of the molecule is CC(C)(O)c1ccc(CS(N)(=O)=NC(=O)Cc2c3c(cc4c2CCC4)CCC3)cc1.